The molecule has 3 rings (SSSR count). The summed E-state index contributed by atoms with van der Waals surface area (Å²) in [6.45, 7) is 16.2. The Kier molecular flexibility index (Phi) is 31.0. The first kappa shape index (κ1) is 49.9. The lowest BCUT2D eigenvalue weighted by Crippen LogP contribution is -2.02. The van der Waals surface area contributed by atoms with Gasteiger partial charge < -0.3 is 27.1 Å². The zero-order valence-electron chi connectivity index (χ0n) is 36.1. The molecule has 316 valence electrons. The van der Waals surface area contributed by atoms with E-state index in [1.807, 2.05) is 91.0 Å². The third-order valence-corrected chi connectivity index (χ3v) is 11.4. The molecule has 3 aromatic carbocycles. The van der Waals surface area contributed by atoms with Crippen molar-refractivity contribution in [3.8, 4) is 17.2 Å². The molecule has 6 nitrogen and oxygen atoms in total. The van der Waals surface area contributed by atoms with Crippen molar-refractivity contribution in [3.05, 3.63) is 91.0 Å². The SMILES string of the molecule is CC(C)CCCCCCCOP(OCCCCCCCC(C)C)OCCCCCCCC(C)C.c1ccc(OP(Oc2ccccc2)Oc2ccccc2)cc1. The number of hydrogen-bond acceptors (Lipinski definition) is 6. The third kappa shape index (κ3) is 30.0. The molecule has 0 aliphatic carbocycles. The Bertz CT molecular complexity index is 1090. The van der Waals surface area contributed by atoms with Crippen LogP contribution in [-0.4, -0.2) is 19.8 Å². The standard InChI is InChI=1S/C30H63O3P.C18H15O3P/c1-28(2)22-16-10-7-13-19-25-31-34(32-26-20-14-8-11-17-23-29(3)4)33-27-21-15-9-12-18-24-30(5)6;1-4-10-16(11-5-1)19-22(20-17-12-6-2-7-13-17)21-18-14-8-3-9-15-18/h28-30H,7-27H2,1-6H3;1-15H. The predicted molar refractivity (Wildman–Crippen MR) is 241 cm³/mol. The molecule has 0 atom stereocenters. The number of para-hydroxylation sites is 3. The van der Waals surface area contributed by atoms with Gasteiger partial charge in [0.05, 0.1) is 19.8 Å². The van der Waals surface area contributed by atoms with E-state index in [0.717, 1.165) is 56.8 Å². The molecule has 0 amide bonds. The van der Waals surface area contributed by atoms with E-state index in [-0.39, 0.29) is 0 Å². The molecule has 0 unspecified atom stereocenters. The van der Waals surface area contributed by atoms with Crippen LogP contribution in [0.5, 0.6) is 17.2 Å². The van der Waals surface area contributed by atoms with Gasteiger partial charge in [0.2, 0.25) is 0 Å². The van der Waals surface area contributed by atoms with Crippen LogP contribution < -0.4 is 13.6 Å². The van der Waals surface area contributed by atoms with Crippen molar-refractivity contribution in [2.75, 3.05) is 19.8 Å². The van der Waals surface area contributed by atoms with E-state index in [0.29, 0.717) is 17.2 Å². The Balaban J connectivity index is 0.000000419. The highest BCUT2D eigenvalue weighted by Gasteiger charge is 2.19. The number of hydrogen-bond donors (Lipinski definition) is 0. The highest BCUT2D eigenvalue weighted by Crippen LogP contribution is 2.42. The maximum Gasteiger partial charge on any atom is 0.530 e. The van der Waals surface area contributed by atoms with Gasteiger partial charge in [0, 0.05) is 0 Å². The van der Waals surface area contributed by atoms with E-state index in [9.17, 15) is 0 Å². The van der Waals surface area contributed by atoms with Gasteiger partial charge >= 0.3 is 17.2 Å². The summed E-state index contributed by atoms with van der Waals surface area (Å²) in [5.41, 5.74) is 0. The monoisotopic (exact) mass is 813 g/mol. The van der Waals surface area contributed by atoms with E-state index in [4.69, 9.17) is 27.1 Å². The van der Waals surface area contributed by atoms with Crippen molar-refractivity contribution >= 4 is 17.2 Å². The topological polar surface area (TPSA) is 55.4 Å². The zero-order valence-corrected chi connectivity index (χ0v) is 37.9. The Morgan fingerprint density at radius 2 is 0.571 bits per heavy atom. The van der Waals surface area contributed by atoms with Gasteiger partial charge in [0.1, 0.15) is 17.2 Å². The van der Waals surface area contributed by atoms with Gasteiger partial charge in [0.15, 0.2) is 0 Å². The lowest BCUT2D eigenvalue weighted by Gasteiger charge is -2.17. The summed E-state index contributed by atoms with van der Waals surface area (Å²) < 4.78 is 35.7. The molecule has 3 aromatic rings. The summed E-state index contributed by atoms with van der Waals surface area (Å²) in [4.78, 5) is 0. The molecule has 0 aliphatic rings. The van der Waals surface area contributed by atoms with E-state index < -0.39 is 17.2 Å². The quantitative estimate of drug-likeness (QED) is 0.0451. The Labute approximate surface area is 346 Å². The van der Waals surface area contributed by atoms with Crippen LogP contribution in [0.2, 0.25) is 0 Å². The van der Waals surface area contributed by atoms with Gasteiger partial charge in [-0.05, 0) is 73.4 Å². The second kappa shape index (κ2) is 34.8. The lowest BCUT2D eigenvalue weighted by molar-refractivity contribution is 0.153. The second-order valence-corrected chi connectivity index (χ2v) is 18.2. The molecule has 0 aliphatic heterocycles. The Hall–Kier alpha value is -2.20. The largest absolute Gasteiger partial charge is 0.530 e. The van der Waals surface area contributed by atoms with Gasteiger partial charge in [-0.3, -0.25) is 0 Å². The van der Waals surface area contributed by atoms with Gasteiger partial charge in [-0.25, -0.2) is 0 Å². The van der Waals surface area contributed by atoms with Gasteiger partial charge in [-0.15, -0.1) is 0 Å². The summed E-state index contributed by atoms with van der Waals surface area (Å²) in [6.07, 6.45) is 23.4. The van der Waals surface area contributed by atoms with Gasteiger partial charge in [-0.2, -0.15) is 0 Å². The molecule has 0 bridgehead atoms. The van der Waals surface area contributed by atoms with Crippen LogP contribution in [0.3, 0.4) is 0 Å². The molecule has 0 radical (unpaired) electrons. The predicted octanol–water partition coefficient (Wildman–Crippen LogP) is 16.7. The van der Waals surface area contributed by atoms with Crippen molar-refractivity contribution in [1.82, 2.24) is 0 Å². The summed E-state index contributed by atoms with van der Waals surface area (Å²) in [7, 11) is -2.76. The summed E-state index contributed by atoms with van der Waals surface area (Å²) >= 11 is 0. The molecule has 8 heteroatoms. The van der Waals surface area contributed by atoms with E-state index in [2.05, 4.69) is 41.5 Å². The maximum atomic E-state index is 6.05. The van der Waals surface area contributed by atoms with Gasteiger partial charge in [-0.1, -0.05) is 192 Å². The van der Waals surface area contributed by atoms with E-state index in [1.54, 1.807) is 0 Å². The maximum absolute atomic E-state index is 6.05. The molecular weight excluding hydrogens is 734 g/mol. The summed E-state index contributed by atoms with van der Waals surface area (Å²) in [6, 6.07) is 28.5. The molecule has 0 fully saturated rings. The van der Waals surface area contributed by atoms with E-state index in [1.165, 1.54) is 96.3 Å². The Morgan fingerprint density at radius 3 is 0.839 bits per heavy atom. The average Bonchev–Trinajstić information content (AvgIpc) is 3.18. The lowest BCUT2D eigenvalue weighted by atomic mass is 10.0. The minimum atomic E-state index is -1.59. The van der Waals surface area contributed by atoms with Crippen LogP contribution in [0.4, 0.5) is 0 Å². The molecule has 0 spiro atoms. The summed E-state index contributed by atoms with van der Waals surface area (Å²) in [5, 5.41) is 0. The Morgan fingerprint density at radius 1 is 0.321 bits per heavy atom. The third-order valence-electron chi connectivity index (χ3n) is 9.14. The van der Waals surface area contributed by atoms with Crippen LogP contribution in [0, 0.1) is 17.8 Å². The first-order valence-corrected chi connectivity index (χ1v) is 24.2. The number of unbranched alkanes of at least 4 members (excludes halogenated alkanes) is 12. The number of benzene rings is 3. The highest BCUT2D eigenvalue weighted by molar-refractivity contribution is 7.43. The summed E-state index contributed by atoms with van der Waals surface area (Å²) in [5.74, 6) is 4.63. The molecule has 0 heterocycles. The smallest absolute Gasteiger partial charge is 0.409 e. The van der Waals surface area contributed by atoms with Crippen molar-refractivity contribution < 1.29 is 27.1 Å². The molecular formula is C48H78O6P2. The molecule has 0 aromatic heterocycles. The van der Waals surface area contributed by atoms with Crippen LogP contribution >= 0.6 is 17.2 Å². The van der Waals surface area contributed by atoms with Crippen molar-refractivity contribution in [1.29, 1.82) is 0 Å². The van der Waals surface area contributed by atoms with Gasteiger partial charge in [0.25, 0.3) is 0 Å². The first-order chi connectivity index (χ1) is 27.3. The van der Waals surface area contributed by atoms with Crippen LogP contribution in [0.25, 0.3) is 0 Å². The average molecular weight is 813 g/mol. The fraction of sp³-hybridized carbons (Fsp3) is 0.625. The highest BCUT2D eigenvalue weighted by atomic mass is 31.2. The van der Waals surface area contributed by atoms with Crippen molar-refractivity contribution in [2.45, 2.75) is 157 Å². The second-order valence-electron chi connectivity index (χ2n) is 16.0. The van der Waals surface area contributed by atoms with Crippen LogP contribution in [-0.2, 0) is 13.6 Å². The molecule has 0 N–H and O–H groups in total. The molecule has 0 saturated carbocycles. The number of rotatable bonds is 33. The molecule has 0 saturated heterocycles. The minimum Gasteiger partial charge on any atom is -0.409 e. The van der Waals surface area contributed by atoms with Crippen LogP contribution in [0.1, 0.15) is 157 Å². The minimum absolute atomic E-state index is 0.709. The molecule has 56 heavy (non-hydrogen) atoms. The zero-order chi connectivity index (χ0) is 40.3. The fourth-order valence-corrected chi connectivity index (χ4v) is 7.89. The van der Waals surface area contributed by atoms with Crippen LogP contribution in [0.15, 0.2) is 91.0 Å². The normalized spacial score (nSPS) is 11.4. The fourth-order valence-electron chi connectivity index (χ4n) is 5.84. The van der Waals surface area contributed by atoms with Crippen molar-refractivity contribution in [2.24, 2.45) is 17.8 Å². The van der Waals surface area contributed by atoms with E-state index >= 15 is 0 Å². The van der Waals surface area contributed by atoms with Crippen molar-refractivity contribution in [3.63, 3.8) is 0 Å². The first-order valence-electron chi connectivity index (χ1n) is 22.0.